The van der Waals surface area contributed by atoms with Gasteiger partial charge in [-0.05, 0) is 48.0 Å². The second-order valence-corrected chi connectivity index (χ2v) is 4.80. The van der Waals surface area contributed by atoms with E-state index in [1.165, 1.54) is 12.1 Å². The Morgan fingerprint density at radius 1 is 1.00 bits per heavy atom. The van der Waals surface area contributed by atoms with E-state index in [9.17, 15) is 18.0 Å². The fourth-order valence-corrected chi connectivity index (χ4v) is 2.22. The molecule has 2 aromatic rings. The van der Waals surface area contributed by atoms with Gasteiger partial charge in [0.05, 0.1) is 12.0 Å². The van der Waals surface area contributed by atoms with Crippen molar-refractivity contribution in [3.05, 3.63) is 53.6 Å². The quantitative estimate of drug-likeness (QED) is 0.880. The average molecular weight is 292 g/mol. The lowest BCUT2D eigenvalue weighted by molar-refractivity contribution is -0.137. The van der Waals surface area contributed by atoms with Crippen molar-refractivity contribution in [2.45, 2.75) is 12.6 Å². The summed E-state index contributed by atoms with van der Waals surface area (Å²) < 4.78 is 37.4. The van der Waals surface area contributed by atoms with E-state index in [4.69, 9.17) is 0 Å². The molecule has 1 aliphatic heterocycles. The van der Waals surface area contributed by atoms with Gasteiger partial charge >= 0.3 is 6.18 Å². The summed E-state index contributed by atoms with van der Waals surface area (Å²) in [6.45, 7) is 0. The summed E-state index contributed by atoms with van der Waals surface area (Å²) in [5.41, 5.74) is 2.25. The first-order valence-electron chi connectivity index (χ1n) is 6.29. The van der Waals surface area contributed by atoms with Gasteiger partial charge in [0.1, 0.15) is 0 Å². The third kappa shape index (κ3) is 2.84. The highest BCUT2D eigenvalue weighted by Gasteiger charge is 2.29. The van der Waals surface area contributed by atoms with Gasteiger partial charge in [0.2, 0.25) is 5.91 Å². The fourth-order valence-electron chi connectivity index (χ4n) is 2.22. The molecule has 2 N–H and O–H groups in total. The van der Waals surface area contributed by atoms with Crippen molar-refractivity contribution >= 4 is 23.0 Å². The minimum Gasteiger partial charge on any atom is -0.356 e. The number of hydrogen-bond donors (Lipinski definition) is 2. The van der Waals surface area contributed by atoms with Gasteiger partial charge in [0, 0.05) is 17.1 Å². The maximum Gasteiger partial charge on any atom is 0.416 e. The number of amides is 1. The zero-order valence-electron chi connectivity index (χ0n) is 10.8. The average Bonchev–Trinajstić information content (AvgIpc) is 2.78. The van der Waals surface area contributed by atoms with E-state index in [1.54, 1.807) is 12.1 Å². The molecule has 3 rings (SSSR count). The van der Waals surface area contributed by atoms with Crippen molar-refractivity contribution in [2.24, 2.45) is 0 Å². The van der Waals surface area contributed by atoms with E-state index in [0.29, 0.717) is 12.1 Å². The van der Waals surface area contributed by atoms with Crippen molar-refractivity contribution in [3.8, 4) is 0 Å². The Bertz CT molecular complexity index is 693. The molecule has 108 valence electrons. The molecule has 0 saturated carbocycles. The third-order valence-electron chi connectivity index (χ3n) is 3.23. The summed E-state index contributed by atoms with van der Waals surface area (Å²) in [6.07, 6.45) is -4.02. The van der Waals surface area contributed by atoms with E-state index >= 15 is 0 Å². The lowest BCUT2D eigenvalue weighted by atomic mass is 10.1. The number of nitrogens with one attached hydrogen (secondary N) is 2. The lowest BCUT2D eigenvalue weighted by Crippen LogP contribution is -2.04. The molecule has 1 amide bonds. The standard InChI is InChI=1S/C15H11F3N2O/c16-15(17,18)10-1-3-11(4-2-10)19-12-5-6-13-9(7-12)8-14(21)20-13/h1-7,19H,8H2,(H,20,21). The molecule has 0 radical (unpaired) electrons. The zero-order valence-corrected chi connectivity index (χ0v) is 10.8. The zero-order chi connectivity index (χ0) is 15.0. The second-order valence-electron chi connectivity index (χ2n) is 4.80. The van der Waals surface area contributed by atoms with Crippen LogP contribution in [0.4, 0.5) is 30.2 Å². The molecular weight excluding hydrogens is 281 g/mol. The largest absolute Gasteiger partial charge is 0.416 e. The molecule has 0 aromatic heterocycles. The van der Waals surface area contributed by atoms with Crippen LogP contribution >= 0.6 is 0 Å². The summed E-state index contributed by atoms with van der Waals surface area (Å²) in [7, 11) is 0. The van der Waals surface area contributed by atoms with Crippen LogP contribution in [0.3, 0.4) is 0 Å². The van der Waals surface area contributed by atoms with Gasteiger partial charge in [-0.25, -0.2) is 0 Å². The van der Waals surface area contributed by atoms with E-state index in [0.717, 1.165) is 29.1 Å². The Morgan fingerprint density at radius 2 is 1.67 bits per heavy atom. The highest BCUT2D eigenvalue weighted by molar-refractivity contribution is 5.99. The van der Waals surface area contributed by atoms with Crippen LogP contribution in [0.5, 0.6) is 0 Å². The molecule has 21 heavy (non-hydrogen) atoms. The second kappa shape index (κ2) is 4.80. The van der Waals surface area contributed by atoms with Gasteiger partial charge in [-0.1, -0.05) is 0 Å². The smallest absolute Gasteiger partial charge is 0.356 e. The Balaban J connectivity index is 1.78. The SMILES string of the molecule is O=C1Cc2cc(Nc3ccc(C(F)(F)F)cc3)ccc2N1. The van der Waals surface area contributed by atoms with Crippen LogP contribution in [0.2, 0.25) is 0 Å². The van der Waals surface area contributed by atoms with Crippen LogP contribution in [0.1, 0.15) is 11.1 Å². The number of fused-ring (bicyclic) bond motifs is 1. The first kappa shape index (κ1) is 13.5. The van der Waals surface area contributed by atoms with Crippen molar-refractivity contribution in [1.29, 1.82) is 0 Å². The summed E-state index contributed by atoms with van der Waals surface area (Å²) >= 11 is 0. The summed E-state index contributed by atoms with van der Waals surface area (Å²) in [5.74, 6) is -0.0586. The van der Waals surface area contributed by atoms with Crippen LogP contribution in [-0.2, 0) is 17.4 Å². The minimum absolute atomic E-state index is 0.0586. The fraction of sp³-hybridized carbons (Fsp3) is 0.133. The van der Waals surface area contributed by atoms with E-state index in [2.05, 4.69) is 10.6 Å². The molecular formula is C15H11F3N2O. The third-order valence-corrected chi connectivity index (χ3v) is 3.23. The predicted molar refractivity (Wildman–Crippen MR) is 73.5 cm³/mol. The van der Waals surface area contributed by atoms with E-state index in [-0.39, 0.29) is 5.91 Å². The number of hydrogen-bond acceptors (Lipinski definition) is 2. The summed E-state index contributed by atoms with van der Waals surface area (Å²) in [6, 6.07) is 10.2. The minimum atomic E-state index is -4.34. The molecule has 0 fully saturated rings. The lowest BCUT2D eigenvalue weighted by Gasteiger charge is -2.10. The number of anilines is 3. The summed E-state index contributed by atoms with van der Waals surface area (Å²) in [4.78, 5) is 11.3. The van der Waals surface area contributed by atoms with E-state index < -0.39 is 11.7 Å². The molecule has 0 atom stereocenters. The molecule has 0 spiro atoms. The Hall–Kier alpha value is -2.50. The molecule has 2 aromatic carbocycles. The number of alkyl halides is 3. The van der Waals surface area contributed by atoms with Crippen molar-refractivity contribution in [1.82, 2.24) is 0 Å². The first-order valence-corrected chi connectivity index (χ1v) is 6.29. The molecule has 6 heteroatoms. The predicted octanol–water partition coefficient (Wildman–Crippen LogP) is 3.94. The number of carbonyl (C=O) groups excluding carboxylic acids is 1. The molecule has 0 aliphatic carbocycles. The monoisotopic (exact) mass is 292 g/mol. The molecule has 0 unspecified atom stereocenters. The van der Waals surface area contributed by atoms with Crippen molar-refractivity contribution < 1.29 is 18.0 Å². The van der Waals surface area contributed by atoms with Gasteiger partial charge in [-0.15, -0.1) is 0 Å². The summed E-state index contributed by atoms with van der Waals surface area (Å²) in [5, 5.41) is 5.74. The maximum absolute atomic E-state index is 12.5. The normalized spacial score (nSPS) is 13.8. The Labute approximate surface area is 118 Å². The molecule has 3 nitrogen and oxygen atoms in total. The molecule has 1 heterocycles. The van der Waals surface area contributed by atoms with Crippen LogP contribution < -0.4 is 10.6 Å². The van der Waals surface area contributed by atoms with Gasteiger partial charge in [0.15, 0.2) is 0 Å². The highest BCUT2D eigenvalue weighted by atomic mass is 19.4. The van der Waals surface area contributed by atoms with Gasteiger partial charge < -0.3 is 10.6 Å². The highest BCUT2D eigenvalue weighted by Crippen LogP contribution is 2.31. The van der Waals surface area contributed by atoms with Crippen molar-refractivity contribution in [3.63, 3.8) is 0 Å². The molecule has 0 bridgehead atoms. The van der Waals surface area contributed by atoms with Crippen molar-refractivity contribution in [2.75, 3.05) is 10.6 Å². The molecule has 0 saturated heterocycles. The van der Waals surface area contributed by atoms with Crippen LogP contribution in [-0.4, -0.2) is 5.91 Å². The first-order chi connectivity index (χ1) is 9.91. The molecule has 1 aliphatic rings. The Kier molecular flexibility index (Phi) is 3.08. The number of rotatable bonds is 2. The maximum atomic E-state index is 12.5. The van der Waals surface area contributed by atoms with E-state index in [1.807, 2.05) is 6.07 Å². The topological polar surface area (TPSA) is 41.1 Å². The van der Waals surface area contributed by atoms with Gasteiger partial charge in [0.25, 0.3) is 0 Å². The number of carbonyl (C=O) groups is 1. The van der Waals surface area contributed by atoms with Crippen LogP contribution in [0.15, 0.2) is 42.5 Å². The van der Waals surface area contributed by atoms with Crippen LogP contribution in [0, 0.1) is 0 Å². The Morgan fingerprint density at radius 3 is 2.33 bits per heavy atom. The number of halogens is 3. The van der Waals surface area contributed by atoms with Gasteiger partial charge in [-0.2, -0.15) is 13.2 Å². The van der Waals surface area contributed by atoms with Crippen LogP contribution in [0.25, 0.3) is 0 Å². The van der Waals surface area contributed by atoms with Gasteiger partial charge in [-0.3, -0.25) is 4.79 Å². The number of benzene rings is 2.